The van der Waals surface area contributed by atoms with Crippen LogP contribution in [0.5, 0.6) is 5.75 Å². The summed E-state index contributed by atoms with van der Waals surface area (Å²) in [7, 11) is 1.38. The minimum absolute atomic E-state index is 0.103. The highest BCUT2D eigenvalue weighted by atomic mass is 19.1. The van der Waals surface area contributed by atoms with Crippen LogP contribution >= 0.6 is 0 Å². The number of carbonyl (C=O) groups excluding carboxylic acids is 2. The molecule has 144 valence electrons. The number of nitrogens with zero attached hydrogens (tertiary/aromatic N) is 2. The lowest BCUT2D eigenvalue weighted by Gasteiger charge is -2.32. The first kappa shape index (κ1) is 18.2. The van der Waals surface area contributed by atoms with Gasteiger partial charge in [0.25, 0.3) is 5.91 Å². The van der Waals surface area contributed by atoms with Gasteiger partial charge in [0.15, 0.2) is 17.3 Å². The zero-order chi connectivity index (χ0) is 19.7. The van der Waals surface area contributed by atoms with Gasteiger partial charge in [0.1, 0.15) is 0 Å². The summed E-state index contributed by atoms with van der Waals surface area (Å²) < 4.78 is 18.9. The molecule has 2 aromatic carbocycles. The van der Waals surface area contributed by atoms with Crippen molar-refractivity contribution in [1.82, 2.24) is 14.9 Å². The molecule has 3 aromatic rings. The summed E-state index contributed by atoms with van der Waals surface area (Å²) in [6.07, 6.45) is 2.99. The highest BCUT2D eigenvalue weighted by Gasteiger charge is 2.30. The number of ether oxygens (including phenoxy) is 1. The minimum Gasteiger partial charge on any atom is -0.494 e. The lowest BCUT2D eigenvalue weighted by atomic mass is 9.89. The summed E-state index contributed by atoms with van der Waals surface area (Å²) in [5.41, 5.74) is 2.45. The van der Waals surface area contributed by atoms with Crippen molar-refractivity contribution < 1.29 is 18.7 Å². The molecular weight excluding hydrogens is 361 g/mol. The van der Waals surface area contributed by atoms with Crippen LogP contribution in [0.25, 0.3) is 11.0 Å². The fourth-order valence-corrected chi connectivity index (χ4v) is 3.68. The number of Topliss-reactive ketones (excluding diaryl/α,β-unsaturated/α-hetero) is 1. The number of amides is 1. The molecule has 0 radical (unpaired) electrons. The van der Waals surface area contributed by atoms with Crippen molar-refractivity contribution in [3.05, 3.63) is 59.7 Å². The molecule has 0 bridgehead atoms. The molecule has 1 aromatic heterocycles. The molecule has 0 unspecified atom stereocenters. The Morgan fingerprint density at radius 2 is 2.04 bits per heavy atom. The van der Waals surface area contributed by atoms with E-state index < -0.39 is 5.82 Å². The summed E-state index contributed by atoms with van der Waals surface area (Å²) in [5, 5.41) is 0. The van der Waals surface area contributed by atoms with Gasteiger partial charge in [0.05, 0.1) is 24.5 Å². The monoisotopic (exact) mass is 381 g/mol. The van der Waals surface area contributed by atoms with Crippen molar-refractivity contribution >= 4 is 22.7 Å². The Bertz CT molecular complexity index is 1050. The molecule has 0 spiro atoms. The van der Waals surface area contributed by atoms with Gasteiger partial charge in [-0.1, -0.05) is 0 Å². The molecule has 4 rings (SSSR count). The van der Waals surface area contributed by atoms with Crippen LogP contribution in [0.4, 0.5) is 4.39 Å². The number of nitrogens with one attached hydrogen (secondary N) is 1. The number of benzene rings is 2. The summed E-state index contributed by atoms with van der Waals surface area (Å²) in [5.74, 6) is -1.07. The van der Waals surface area contributed by atoms with Gasteiger partial charge in [0, 0.05) is 30.1 Å². The number of fused-ring (bicyclic) bond motifs is 1. The van der Waals surface area contributed by atoms with E-state index in [0.717, 1.165) is 17.5 Å². The third kappa shape index (κ3) is 3.35. The Morgan fingerprint density at radius 3 is 2.82 bits per heavy atom. The molecule has 1 fully saturated rings. The molecule has 1 N–H and O–H groups in total. The van der Waals surface area contributed by atoms with Gasteiger partial charge in [-0.25, -0.2) is 9.37 Å². The van der Waals surface area contributed by atoms with Crippen molar-refractivity contribution in [3.8, 4) is 5.75 Å². The quantitative estimate of drug-likeness (QED) is 0.703. The second kappa shape index (κ2) is 7.42. The number of likely N-dealkylation sites (tertiary alicyclic amines) is 1. The Morgan fingerprint density at radius 1 is 1.21 bits per heavy atom. The number of hydrogen-bond donors (Lipinski definition) is 1. The Labute approximate surface area is 161 Å². The van der Waals surface area contributed by atoms with E-state index in [1.165, 1.54) is 19.2 Å². The topological polar surface area (TPSA) is 75.3 Å². The predicted molar refractivity (Wildman–Crippen MR) is 102 cm³/mol. The SMILES string of the molecule is COc1ccc(C(=O)[C@H]2CCCN(C(=O)c3ccc4nc[nH]c4c3)C2)cc1F. The summed E-state index contributed by atoms with van der Waals surface area (Å²) >= 11 is 0. The van der Waals surface area contributed by atoms with E-state index in [-0.39, 0.29) is 23.4 Å². The minimum atomic E-state index is -0.565. The molecular formula is C21H20FN3O3. The van der Waals surface area contributed by atoms with Gasteiger partial charge in [0.2, 0.25) is 0 Å². The summed E-state index contributed by atoms with van der Waals surface area (Å²) in [6.45, 7) is 0.924. The van der Waals surface area contributed by atoms with Crippen LogP contribution in [0.3, 0.4) is 0 Å². The fourth-order valence-electron chi connectivity index (χ4n) is 3.68. The van der Waals surface area contributed by atoms with Crippen molar-refractivity contribution in [1.29, 1.82) is 0 Å². The molecule has 1 saturated heterocycles. The van der Waals surface area contributed by atoms with E-state index in [0.29, 0.717) is 30.6 Å². The largest absolute Gasteiger partial charge is 0.494 e. The van der Waals surface area contributed by atoms with Gasteiger partial charge in [-0.05, 0) is 49.2 Å². The van der Waals surface area contributed by atoms with Gasteiger partial charge in [-0.3, -0.25) is 9.59 Å². The number of halogens is 1. The predicted octanol–water partition coefficient (Wildman–Crippen LogP) is 3.45. The first-order chi connectivity index (χ1) is 13.6. The van der Waals surface area contributed by atoms with E-state index in [9.17, 15) is 14.0 Å². The van der Waals surface area contributed by atoms with Crippen LogP contribution in [-0.2, 0) is 0 Å². The average Bonchev–Trinajstić information content (AvgIpc) is 3.20. The van der Waals surface area contributed by atoms with E-state index in [1.807, 2.05) is 0 Å². The van der Waals surface area contributed by atoms with Gasteiger partial charge in [-0.15, -0.1) is 0 Å². The van der Waals surface area contributed by atoms with E-state index in [4.69, 9.17) is 4.74 Å². The van der Waals surface area contributed by atoms with E-state index in [1.54, 1.807) is 35.5 Å². The zero-order valence-electron chi connectivity index (χ0n) is 15.4. The first-order valence-electron chi connectivity index (χ1n) is 9.17. The lowest BCUT2D eigenvalue weighted by Crippen LogP contribution is -2.42. The molecule has 1 amide bonds. The molecule has 1 aliphatic rings. The normalized spacial score (nSPS) is 16.9. The number of aromatic nitrogens is 2. The molecule has 0 saturated carbocycles. The maximum Gasteiger partial charge on any atom is 0.253 e. The third-order valence-corrected chi connectivity index (χ3v) is 5.18. The van der Waals surface area contributed by atoms with Crippen molar-refractivity contribution in [2.24, 2.45) is 5.92 Å². The van der Waals surface area contributed by atoms with Gasteiger partial charge < -0.3 is 14.6 Å². The van der Waals surface area contributed by atoms with Crippen LogP contribution < -0.4 is 4.74 Å². The van der Waals surface area contributed by atoms with Crippen LogP contribution in [0.1, 0.15) is 33.6 Å². The number of H-pyrrole nitrogens is 1. The van der Waals surface area contributed by atoms with Gasteiger partial charge in [-0.2, -0.15) is 0 Å². The smallest absolute Gasteiger partial charge is 0.253 e. The molecule has 2 heterocycles. The van der Waals surface area contributed by atoms with Gasteiger partial charge >= 0.3 is 0 Å². The van der Waals surface area contributed by atoms with E-state index in [2.05, 4.69) is 9.97 Å². The third-order valence-electron chi connectivity index (χ3n) is 5.18. The second-order valence-corrected chi connectivity index (χ2v) is 6.94. The van der Waals surface area contributed by atoms with Crippen LogP contribution in [0, 0.1) is 11.7 Å². The number of carbonyl (C=O) groups is 2. The number of aromatic amines is 1. The highest BCUT2D eigenvalue weighted by Crippen LogP contribution is 2.25. The number of methoxy groups -OCH3 is 1. The number of piperidine rings is 1. The lowest BCUT2D eigenvalue weighted by molar-refractivity contribution is 0.0637. The molecule has 0 aliphatic carbocycles. The Hall–Kier alpha value is -3.22. The molecule has 7 heteroatoms. The van der Waals surface area contributed by atoms with Crippen molar-refractivity contribution in [3.63, 3.8) is 0 Å². The standard InChI is InChI=1S/C21H20FN3O3/c1-28-19-7-5-13(9-16(19)22)20(26)15-3-2-8-25(11-15)21(27)14-4-6-17-18(10-14)24-12-23-17/h4-7,9-10,12,15H,2-3,8,11H2,1H3,(H,23,24)/t15-/m0/s1. The van der Waals surface area contributed by atoms with Crippen molar-refractivity contribution in [2.45, 2.75) is 12.8 Å². The maximum absolute atomic E-state index is 14.0. The Balaban J connectivity index is 1.51. The number of imidazole rings is 1. The van der Waals surface area contributed by atoms with Crippen LogP contribution in [-0.4, -0.2) is 46.8 Å². The number of hydrogen-bond acceptors (Lipinski definition) is 4. The van der Waals surface area contributed by atoms with Crippen molar-refractivity contribution in [2.75, 3.05) is 20.2 Å². The molecule has 1 atom stereocenters. The summed E-state index contributed by atoms with van der Waals surface area (Å²) in [4.78, 5) is 34.6. The number of rotatable bonds is 4. The van der Waals surface area contributed by atoms with E-state index >= 15 is 0 Å². The zero-order valence-corrected chi connectivity index (χ0v) is 15.4. The average molecular weight is 381 g/mol. The molecule has 28 heavy (non-hydrogen) atoms. The molecule has 6 nitrogen and oxygen atoms in total. The summed E-state index contributed by atoms with van der Waals surface area (Å²) in [6, 6.07) is 9.54. The van der Waals surface area contributed by atoms with Crippen LogP contribution in [0.2, 0.25) is 0 Å². The maximum atomic E-state index is 14.0. The fraction of sp³-hybridized carbons (Fsp3) is 0.286. The highest BCUT2D eigenvalue weighted by molar-refractivity contribution is 6.00. The Kier molecular flexibility index (Phi) is 4.81. The number of ketones is 1. The molecule has 1 aliphatic heterocycles. The second-order valence-electron chi connectivity index (χ2n) is 6.94. The first-order valence-corrected chi connectivity index (χ1v) is 9.17. The van der Waals surface area contributed by atoms with Crippen LogP contribution in [0.15, 0.2) is 42.7 Å².